The summed E-state index contributed by atoms with van der Waals surface area (Å²) in [5.41, 5.74) is 2.41. The molecule has 0 saturated carbocycles. The van der Waals surface area contributed by atoms with E-state index in [9.17, 15) is 9.59 Å². The molecule has 1 aliphatic rings. The van der Waals surface area contributed by atoms with Crippen molar-refractivity contribution in [2.24, 2.45) is 5.92 Å². The fourth-order valence-electron chi connectivity index (χ4n) is 3.84. The molecular weight excluding hydrogens is 390 g/mol. The number of carbonyl (C=O) groups excluding carboxylic acids is 2. The standard InChI is InChI=1S/C25H31N3O3/c29-19-22-6-9-23(10-7-22)25(31)28-16-12-20(13-17-28)4-1-2-15-27-24(30)11-8-21-5-3-14-26-18-21/h3,5-11,14,18,20,29H,1-2,4,12-13,15-17,19H2,(H,27,30)/b11-8+. The second kappa shape index (κ2) is 12.0. The van der Waals surface area contributed by atoms with Gasteiger partial charge >= 0.3 is 0 Å². The molecule has 0 aliphatic carbocycles. The van der Waals surface area contributed by atoms with Crippen molar-refractivity contribution in [2.45, 2.75) is 38.7 Å². The van der Waals surface area contributed by atoms with E-state index in [1.54, 1.807) is 48.8 Å². The van der Waals surface area contributed by atoms with Crippen LogP contribution < -0.4 is 5.32 Å². The minimum atomic E-state index is -0.0808. The molecule has 6 heteroatoms. The first-order valence-corrected chi connectivity index (χ1v) is 11.0. The molecule has 1 saturated heterocycles. The van der Waals surface area contributed by atoms with E-state index in [1.807, 2.05) is 17.0 Å². The third kappa shape index (κ3) is 7.33. The van der Waals surface area contributed by atoms with Crippen molar-refractivity contribution >= 4 is 17.9 Å². The molecular formula is C25H31N3O3. The minimum absolute atomic E-state index is 0.00829. The Morgan fingerprint density at radius 1 is 1.13 bits per heavy atom. The number of nitrogens with zero attached hydrogens (tertiary/aromatic N) is 2. The van der Waals surface area contributed by atoms with Gasteiger partial charge in [0.1, 0.15) is 0 Å². The van der Waals surface area contributed by atoms with Gasteiger partial charge in [0.05, 0.1) is 6.61 Å². The Kier molecular flexibility index (Phi) is 8.79. The molecule has 0 bridgehead atoms. The van der Waals surface area contributed by atoms with Crippen LogP contribution in [0.5, 0.6) is 0 Å². The van der Waals surface area contributed by atoms with Crippen molar-refractivity contribution in [3.8, 4) is 0 Å². The lowest BCUT2D eigenvalue weighted by atomic mass is 9.91. The molecule has 3 rings (SSSR count). The van der Waals surface area contributed by atoms with Crippen LogP contribution in [0, 0.1) is 5.92 Å². The van der Waals surface area contributed by atoms with Gasteiger partial charge in [-0.15, -0.1) is 0 Å². The Morgan fingerprint density at radius 3 is 2.58 bits per heavy atom. The summed E-state index contributed by atoms with van der Waals surface area (Å²) >= 11 is 0. The Labute approximate surface area is 184 Å². The van der Waals surface area contributed by atoms with E-state index in [1.165, 1.54) is 0 Å². The number of unbranched alkanes of at least 4 members (excludes halogenated alkanes) is 1. The fraction of sp³-hybridized carbons (Fsp3) is 0.400. The molecule has 2 amide bonds. The molecule has 6 nitrogen and oxygen atoms in total. The van der Waals surface area contributed by atoms with Crippen molar-refractivity contribution in [1.29, 1.82) is 0 Å². The highest BCUT2D eigenvalue weighted by Gasteiger charge is 2.23. The molecule has 2 N–H and O–H groups in total. The van der Waals surface area contributed by atoms with Gasteiger partial charge in [-0.3, -0.25) is 14.6 Å². The molecule has 0 spiro atoms. The van der Waals surface area contributed by atoms with E-state index in [4.69, 9.17) is 5.11 Å². The average Bonchev–Trinajstić information content (AvgIpc) is 2.83. The molecule has 1 aromatic heterocycles. The van der Waals surface area contributed by atoms with Crippen molar-refractivity contribution in [1.82, 2.24) is 15.2 Å². The van der Waals surface area contributed by atoms with Gasteiger partial charge in [-0.1, -0.05) is 31.0 Å². The number of pyridine rings is 1. The largest absolute Gasteiger partial charge is 0.392 e. The van der Waals surface area contributed by atoms with Gasteiger partial charge in [0, 0.05) is 43.7 Å². The SMILES string of the molecule is O=C(/C=C/c1cccnc1)NCCCCC1CCN(C(=O)c2ccc(CO)cc2)CC1. The number of likely N-dealkylation sites (tertiary alicyclic amines) is 1. The van der Waals surface area contributed by atoms with Crippen molar-refractivity contribution < 1.29 is 14.7 Å². The van der Waals surface area contributed by atoms with Gasteiger partial charge in [-0.05, 0) is 60.6 Å². The highest BCUT2D eigenvalue weighted by Crippen LogP contribution is 2.23. The maximum Gasteiger partial charge on any atom is 0.253 e. The molecule has 164 valence electrons. The maximum atomic E-state index is 12.6. The van der Waals surface area contributed by atoms with E-state index >= 15 is 0 Å². The Morgan fingerprint density at radius 2 is 1.90 bits per heavy atom. The van der Waals surface area contributed by atoms with Crippen LogP contribution in [0.25, 0.3) is 6.08 Å². The summed E-state index contributed by atoms with van der Waals surface area (Å²) in [4.78, 5) is 30.4. The number of aliphatic hydroxyl groups is 1. The third-order valence-corrected chi connectivity index (χ3v) is 5.74. The summed E-state index contributed by atoms with van der Waals surface area (Å²) in [6.07, 6.45) is 12.0. The number of rotatable bonds is 9. The highest BCUT2D eigenvalue weighted by atomic mass is 16.3. The number of aromatic nitrogens is 1. The molecule has 0 atom stereocenters. The van der Waals surface area contributed by atoms with Gasteiger partial charge in [-0.2, -0.15) is 0 Å². The van der Waals surface area contributed by atoms with Gasteiger partial charge in [0.2, 0.25) is 5.91 Å². The van der Waals surface area contributed by atoms with E-state index in [0.29, 0.717) is 18.0 Å². The van der Waals surface area contributed by atoms with Crippen LogP contribution in [-0.4, -0.2) is 46.4 Å². The summed E-state index contributed by atoms with van der Waals surface area (Å²) in [7, 11) is 0. The predicted molar refractivity (Wildman–Crippen MR) is 121 cm³/mol. The van der Waals surface area contributed by atoms with Crippen LogP contribution in [0.1, 0.15) is 53.6 Å². The van der Waals surface area contributed by atoms with Crippen molar-refractivity contribution in [3.05, 3.63) is 71.6 Å². The first-order valence-electron chi connectivity index (χ1n) is 11.0. The smallest absolute Gasteiger partial charge is 0.253 e. The van der Waals surface area contributed by atoms with Crippen LogP contribution in [0.4, 0.5) is 0 Å². The summed E-state index contributed by atoms with van der Waals surface area (Å²) in [5, 5.41) is 12.0. The molecule has 0 unspecified atom stereocenters. The number of amides is 2. The van der Waals surface area contributed by atoms with E-state index < -0.39 is 0 Å². The lowest BCUT2D eigenvalue weighted by Gasteiger charge is -2.32. The van der Waals surface area contributed by atoms with E-state index in [0.717, 1.165) is 56.3 Å². The normalized spacial score (nSPS) is 14.7. The van der Waals surface area contributed by atoms with E-state index in [2.05, 4.69) is 10.3 Å². The Balaban J connectivity index is 1.28. The van der Waals surface area contributed by atoms with Crippen LogP contribution >= 0.6 is 0 Å². The topological polar surface area (TPSA) is 82.5 Å². The quantitative estimate of drug-likeness (QED) is 0.480. The number of nitrogens with one attached hydrogen (secondary N) is 1. The number of carbonyl (C=O) groups is 2. The molecule has 2 heterocycles. The zero-order valence-corrected chi connectivity index (χ0v) is 17.9. The summed E-state index contributed by atoms with van der Waals surface area (Å²) in [6.45, 7) is 2.26. The summed E-state index contributed by atoms with van der Waals surface area (Å²) in [5.74, 6) is 0.634. The molecule has 31 heavy (non-hydrogen) atoms. The summed E-state index contributed by atoms with van der Waals surface area (Å²) < 4.78 is 0. The van der Waals surface area contributed by atoms with Crippen molar-refractivity contribution in [3.63, 3.8) is 0 Å². The highest BCUT2D eigenvalue weighted by molar-refractivity contribution is 5.94. The number of hydrogen-bond donors (Lipinski definition) is 2. The van der Waals surface area contributed by atoms with Gasteiger partial charge in [0.15, 0.2) is 0 Å². The first kappa shape index (κ1) is 22.7. The number of piperidine rings is 1. The minimum Gasteiger partial charge on any atom is -0.392 e. The Hall–Kier alpha value is -2.99. The predicted octanol–water partition coefficient (Wildman–Crippen LogP) is 3.43. The van der Waals surface area contributed by atoms with Gasteiger partial charge in [-0.25, -0.2) is 0 Å². The molecule has 0 radical (unpaired) electrons. The lowest BCUT2D eigenvalue weighted by Crippen LogP contribution is -2.38. The third-order valence-electron chi connectivity index (χ3n) is 5.74. The maximum absolute atomic E-state index is 12.6. The number of hydrogen-bond acceptors (Lipinski definition) is 4. The van der Waals surface area contributed by atoms with Crippen LogP contribution in [0.3, 0.4) is 0 Å². The molecule has 1 aromatic carbocycles. The van der Waals surface area contributed by atoms with Gasteiger partial charge < -0.3 is 15.3 Å². The number of benzene rings is 1. The lowest BCUT2D eigenvalue weighted by molar-refractivity contribution is -0.116. The fourth-order valence-corrected chi connectivity index (χ4v) is 3.84. The molecule has 2 aromatic rings. The first-order chi connectivity index (χ1) is 15.2. The Bertz CT molecular complexity index is 857. The summed E-state index contributed by atoms with van der Waals surface area (Å²) in [6, 6.07) is 10.9. The number of aliphatic hydroxyl groups excluding tert-OH is 1. The van der Waals surface area contributed by atoms with Crippen LogP contribution in [-0.2, 0) is 11.4 Å². The van der Waals surface area contributed by atoms with Crippen molar-refractivity contribution in [2.75, 3.05) is 19.6 Å². The van der Waals surface area contributed by atoms with Gasteiger partial charge in [0.25, 0.3) is 5.91 Å². The van der Waals surface area contributed by atoms with Crippen LogP contribution in [0.15, 0.2) is 54.9 Å². The molecule has 1 aliphatic heterocycles. The average molecular weight is 422 g/mol. The molecule has 1 fully saturated rings. The zero-order valence-electron chi connectivity index (χ0n) is 17.9. The van der Waals surface area contributed by atoms with Crippen LogP contribution in [0.2, 0.25) is 0 Å². The second-order valence-corrected chi connectivity index (χ2v) is 8.00. The zero-order chi connectivity index (χ0) is 21.9. The van der Waals surface area contributed by atoms with E-state index in [-0.39, 0.29) is 18.4 Å². The monoisotopic (exact) mass is 421 g/mol. The second-order valence-electron chi connectivity index (χ2n) is 8.00.